The number of anilines is 1. The maximum Gasteiger partial charge on any atom is 0.251 e. The third-order valence-electron chi connectivity index (χ3n) is 3.29. The lowest BCUT2D eigenvalue weighted by atomic mass is 10.2. The topological polar surface area (TPSA) is 66.5 Å². The second-order valence-electron chi connectivity index (χ2n) is 5.19. The van der Waals surface area contributed by atoms with Gasteiger partial charge in [-0.2, -0.15) is 0 Å². The van der Waals surface area contributed by atoms with E-state index in [0.717, 1.165) is 34.8 Å². The zero-order chi connectivity index (χ0) is 18.6. The molecule has 5 nitrogen and oxygen atoms in total. The number of hydrogen-bond acceptors (Lipinski definition) is 3. The smallest absolute Gasteiger partial charge is 0.251 e. The van der Waals surface area contributed by atoms with Crippen LogP contribution in [0.2, 0.25) is 0 Å². The average Bonchev–Trinajstić information content (AvgIpc) is 2.52. The third-order valence-corrected chi connectivity index (χ3v) is 4.47. The molecule has 0 fully saturated rings. The van der Waals surface area contributed by atoms with Gasteiger partial charge >= 0.3 is 0 Å². The molecule has 0 aromatic heterocycles. The predicted octanol–water partition coefficient (Wildman–Crippen LogP) is 2.30. The van der Waals surface area contributed by atoms with Crippen LogP contribution in [0.4, 0.5) is 18.9 Å². The Bertz CT molecular complexity index is 871. The number of sulfonamides is 1. The number of carbonyl (C=O) groups is 1. The van der Waals surface area contributed by atoms with E-state index < -0.39 is 33.4 Å². The van der Waals surface area contributed by atoms with Gasteiger partial charge in [-0.05, 0) is 36.4 Å². The summed E-state index contributed by atoms with van der Waals surface area (Å²) in [5, 5.41) is 2.46. The molecule has 1 amide bonds. The number of hydrogen-bond donors (Lipinski definition) is 1. The highest BCUT2D eigenvalue weighted by molar-refractivity contribution is 7.92. The summed E-state index contributed by atoms with van der Waals surface area (Å²) in [4.78, 5) is 11.9. The highest BCUT2D eigenvalue weighted by atomic mass is 32.2. The van der Waals surface area contributed by atoms with Crippen molar-refractivity contribution in [3.05, 3.63) is 65.5 Å². The van der Waals surface area contributed by atoms with Crippen LogP contribution in [0.15, 0.2) is 42.5 Å². The highest BCUT2D eigenvalue weighted by Gasteiger charge is 2.21. The standard InChI is InChI=1S/C16H15F3N2O3S/c1-25(23,24)21(15-7-6-13(18)10-14(15)19)9-8-20-16(22)11-2-4-12(17)5-3-11/h2-7,10H,8-9H2,1H3,(H,20,22). The molecular weight excluding hydrogens is 357 g/mol. The van der Waals surface area contributed by atoms with Crippen LogP contribution in [0.3, 0.4) is 0 Å². The Balaban J connectivity index is 2.08. The number of amides is 1. The van der Waals surface area contributed by atoms with Crippen LogP contribution < -0.4 is 9.62 Å². The molecule has 0 saturated carbocycles. The van der Waals surface area contributed by atoms with E-state index in [-0.39, 0.29) is 24.3 Å². The van der Waals surface area contributed by atoms with Crippen molar-refractivity contribution in [2.75, 3.05) is 23.7 Å². The zero-order valence-corrected chi connectivity index (χ0v) is 14.0. The van der Waals surface area contributed by atoms with Gasteiger partial charge in [0, 0.05) is 18.2 Å². The molecule has 0 spiro atoms. The molecule has 2 aromatic carbocycles. The average molecular weight is 372 g/mol. The predicted molar refractivity (Wildman–Crippen MR) is 87.3 cm³/mol. The summed E-state index contributed by atoms with van der Waals surface area (Å²) < 4.78 is 64.1. The molecule has 0 radical (unpaired) electrons. The number of rotatable bonds is 6. The molecule has 1 N–H and O–H groups in total. The van der Waals surface area contributed by atoms with Crippen molar-refractivity contribution in [2.45, 2.75) is 0 Å². The third kappa shape index (κ3) is 4.96. The highest BCUT2D eigenvalue weighted by Crippen LogP contribution is 2.22. The minimum Gasteiger partial charge on any atom is -0.350 e. The Morgan fingerprint density at radius 1 is 1.04 bits per heavy atom. The van der Waals surface area contributed by atoms with Crippen molar-refractivity contribution in [1.82, 2.24) is 5.32 Å². The number of nitrogens with one attached hydrogen (secondary N) is 1. The van der Waals surface area contributed by atoms with Crippen LogP contribution >= 0.6 is 0 Å². The van der Waals surface area contributed by atoms with Crippen molar-refractivity contribution in [1.29, 1.82) is 0 Å². The first-order chi connectivity index (χ1) is 11.7. The summed E-state index contributed by atoms with van der Waals surface area (Å²) >= 11 is 0. The van der Waals surface area contributed by atoms with Crippen LogP contribution in [-0.2, 0) is 10.0 Å². The fourth-order valence-electron chi connectivity index (χ4n) is 2.12. The number of nitrogens with zero attached hydrogens (tertiary/aromatic N) is 1. The minimum absolute atomic E-state index is 0.125. The Labute approximate surface area is 143 Å². The molecule has 0 bridgehead atoms. The Hall–Kier alpha value is -2.55. The van der Waals surface area contributed by atoms with Gasteiger partial charge in [0.05, 0.1) is 18.5 Å². The Morgan fingerprint density at radius 2 is 1.64 bits per heavy atom. The van der Waals surface area contributed by atoms with Gasteiger partial charge in [-0.25, -0.2) is 21.6 Å². The molecule has 9 heteroatoms. The molecule has 0 aliphatic heterocycles. The second kappa shape index (κ2) is 7.56. The van der Waals surface area contributed by atoms with Crippen molar-refractivity contribution >= 4 is 21.6 Å². The number of halogens is 3. The SMILES string of the molecule is CS(=O)(=O)N(CCNC(=O)c1ccc(F)cc1)c1ccc(F)cc1F. The first-order valence-corrected chi connectivity index (χ1v) is 9.00. The number of carbonyl (C=O) groups excluding carboxylic acids is 1. The first-order valence-electron chi connectivity index (χ1n) is 7.15. The van der Waals surface area contributed by atoms with Crippen molar-refractivity contribution < 1.29 is 26.4 Å². The normalized spacial score (nSPS) is 11.2. The maximum atomic E-state index is 13.9. The van der Waals surface area contributed by atoms with Crippen molar-refractivity contribution in [3.8, 4) is 0 Å². The summed E-state index contributed by atoms with van der Waals surface area (Å²) in [7, 11) is -3.85. The van der Waals surface area contributed by atoms with E-state index in [9.17, 15) is 26.4 Å². The molecule has 0 aliphatic rings. The Morgan fingerprint density at radius 3 is 2.20 bits per heavy atom. The van der Waals surface area contributed by atoms with E-state index in [2.05, 4.69) is 5.32 Å². The summed E-state index contributed by atoms with van der Waals surface area (Å²) in [6.45, 7) is -0.381. The summed E-state index contributed by atoms with van der Waals surface area (Å²) in [5.41, 5.74) is -0.125. The van der Waals surface area contributed by atoms with E-state index in [1.165, 1.54) is 12.1 Å². The van der Waals surface area contributed by atoms with Gasteiger partial charge in [-0.1, -0.05) is 0 Å². The van der Waals surface area contributed by atoms with Gasteiger partial charge in [-0.3, -0.25) is 9.10 Å². The fraction of sp³-hybridized carbons (Fsp3) is 0.188. The Kier molecular flexibility index (Phi) is 5.68. The largest absolute Gasteiger partial charge is 0.350 e. The first kappa shape index (κ1) is 18.8. The zero-order valence-electron chi connectivity index (χ0n) is 13.2. The maximum absolute atomic E-state index is 13.9. The molecule has 25 heavy (non-hydrogen) atoms. The summed E-state index contributed by atoms with van der Waals surface area (Å²) in [6.07, 6.45) is 0.873. The lowest BCUT2D eigenvalue weighted by Gasteiger charge is -2.23. The van der Waals surface area contributed by atoms with Crippen molar-refractivity contribution in [3.63, 3.8) is 0 Å². The molecule has 134 valence electrons. The second-order valence-corrected chi connectivity index (χ2v) is 7.10. The van der Waals surface area contributed by atoms with Crippen LogP contribution in [-0.4, -0.2) is 33.7 Å². The molecule has 2 aromatic rings. The van der Waals surface area contributed by atoms with E-state index in [4.69, 9.17) is 0 Å². The molecular formula is C16H15F3N2O3S. The molecule has 0 atom stereocenters. The van der Waals surface area contributed by atoms with Gasteiger partial charge in [0.1, 0.15) is 17.5 Å². The van der Waals surface area contributed by atoms with Crippen LogP contribution in [0.1, 0.15) is 10.4 Å². The monoisotopic (exact) mass is 372 g/mol. The van der Waals surface area contributed by atoms with Crippen molar-refractivity contribution in [2.24, 2.45) is 0 Å². The quantitative estimate of drug-likeness (QED) is 0.846. The van der Waals surface area contributed by atoms with Gasteiger partial charge in [-0.15, -0.1) is 0 Å². The van der Waals surface area contributed by atoms with E-state index in [0.29, 0.717) is 6.07 Å². The number of benzene rings is 2. The molecule has 0 saturated heterocycles. The summed E-state index contributed by atoms with van der Waals surface area (Å²) in [6, 6.07) is 7.31. The van der Waals surface area contributed by atoms with Crippen LogP contribution in [0.25, 0.3) is 0 Å². The van der Waals surface area contributed by atoms with E-state index >= 15 is 0 Å². The lowest BCUT2D eigenvalue weighted by Crippen LogP contribution is -2.38. The van der Waals surface area contributed by atoms with Gasteiger partial charge < -0.3 is 5.32 Å². The minimum atomic E-state index is -3.85. The van der Waals surface area contributed by atoms with Crippen LogP contribution in [0.5, 0.6) is 0 Å². The fourth-order valence-corrected chi connectivity index (χ4v) is 3.05. The molecule has 0 aliphatic carbocycles. The lowest BCUT2D eigenvalue weighted by molar-refractivity contribution is 0.0955. The molecule has 0 unspecified atom stereocenters. The molecule has 0 heterocycles. The van der Waals surface area contributed by atoms with Gasteiger partial charge in [0.2, 0.25) is 10.0 Å². The summed E-state index contributed by atoms with van der Waals surface area (Å²) in [5.74, 6) is -2.89. The molecule has 2 rings (SSSR count). The van der Waals surface area contributed by atoms with Gasteiger partial charge in [0.25, 0.3) is 5.91 Å². The van der Waals surface area contributed by atoms with Crippen LogP contribution in [0, 0.1) is 17.5 Å². The van der Waals surface area contributed by atoms with Gasteiger partial charge in [0.15, 0.2) is 0 Å². The van der Waals surface area contributed by atoms with E-state index in [1.54, 1.807) is 0 Å². The van der Waals surface area contributed by atoms with E-state index in [1.807, 2.05) is 0 Å².